The van der Waals surface area contributed by atoms with E-state index in [0.717, 1.165) is 61.9 Å². The zero-order chi connectivity index (χ0) is 19.8. The van der Waals surface area contributed by atoms with Crippen molar-refractivity contribution in [2.45, 2.75) is 39.7 Å². The number of nitrogens with one attached hydrogen (secondary N) is 1. The summed E-state index contributed by atoms with van der Waals surface area (Å²) in [4.78, 5) is 19.0. The van der Waals surface area contributed by atoms with Gasteiger partial charge in [0.1, 0.15) is 0 Å². The summed E-state index contributed by atoms with van der Waals surface area (Å²) in [5.74, 6) is 2.41. The van der Waals surface area contributed by atoms with Crippen LogP contribution in [0.15, 0.2) is 23.2 Å². The van der Waals surface area contributed by atoms with Gasteiger partial charge < -0.3 is 24.4 Å². The summed E-state index contributed by atoms with van der Waals surface area (Å²) >= 11 is 0. The number of hydrogen-bond acceptors (Lipinski definition) is 5. The summed E-state index contributed by atoms with van der Waals surface area (Å²) in [5, 5.41) is 3.37. The third kappa shape index (κ3) is 5.30. The van der Waals surface area contributed by atoms with Gasteiger partial charge in [-0.15, -0.1) is 0 Å². The summed E-state index contributed by atoms with van der Waals surface area (Å²) < 4.78 is 16.6. The lowest BCUT2D eigenvalue weighted by molar-refractivity contribution is -0.149. The molecule has 0 aromatic heterocycles. The summed E-state index contributed by atoms with van der Waals surface area (Å²) in [6, 6.07) is 6.01. The number of guanidine groups is 1. The van der Waals surface area contributed by atoms with Gasteiger partial charge in [-0.2, -0.15) is 0 Å². The van der Waals surface area contributed by atoms with Gasteiger partial charge in [0, 0.05) is 26.1 Å². The minimum Gasteiger partial charge on any atom is -0.490 e. The second-order valence-electron chi connectivity index (χ2n) is 7.02. The van der Waals surface area contributed by atoms with Crippen LogP contribution in [0.2, 0.25) is 0 Å². The van der Waals surface area contributed by atoms with Crippen LogP contribution in [0.1, 0.15) is 38.7 Å². The third-order valence-electron chi connectivity index (χ3n) is 4.97. The molecule has 0 unspecified atom stereocenters. The number of likely N-dealkylation sites (tertiary alicyclic amines) is 1. The predicted octanol–water partition coefficient (Wildman–Crippen LogP) is 2.59. The Labute approximate surface area is 167 Å². The molecule has 1 aromatic carbocycles. The van der Waals surface area contributed by atoms with Crippen LogP contribution in [0.4, 0.5) is 0 Å². The van der Waals surface area contributed by atoms with E-state index >= 15 is 0 Å². The van der Waals surface area contributed by atoms with E-state index in [9.17, 15) is 4.79 Å². The Morgan fingerprint density at radius 2 is 1.96 bits per heavy atom. The molecule has 7 heteroatoms. The standard InChI is InChI=1S/C21H31N3O4/c1-3-22-21(24-10-8-17(9-11-24)20(25)26-4-2)23-15-16-6-7-18-19(14-16)28-13-5-12-27-18/h6-7,14,17H,3-5,8-13,15H2,1-2H3,(H,22,23). The number of rotatable bonds is 5. The normalized spacial score (nSPS) is 17.8. The van der Waals surface area contributed by atoms with E-state index in [1.165, 1.54) is 0 Å². The number of carbonyl (C=O) groups excluding carboxylic acids is 1. The molecule has 154 valence electrons. The lowest BCUT2D eigenvalue weighted by Gasteiger charge is -2.33. The zero-order valence-electron chi connectivity index (χ0n) is 16.9. The summed E-state index contributed by atoms with van der Waals surface area (Å²) in [6.45, 7) is 8.70. The Bertz CT molecular complexity index is 684. The molecule has 2 aliphatic rings. The maximum atomic E-state index is 11.9. The second-order valence-corrected chi connectivity index (χ2v) is 7.02. The minimum absolute atomic E-state index is 0.000746. The van der Waals surface area contributed by atoms with E-state index in [0.29, 0.717) is 26.4 Å². The van der Waals surface area contributed by atoms with Crippen molar-refractivity contribution in [2.75, 3.05) is 39.5 Å². The van der Waals surface area contributed by atoms with Crippen LogP contribution < -0.4 is 14.8 Å². The molecule has 2 aliphatic heterocycles. The van der Waals surface area contributed by atoms with Crippen molar-refractivity contribution in [3.05, 3.63) is 23.8 Å². The SMILES string of the molecule is CCNC(=NCc1ccc2c(c1)OCCCO2)N1CCC(C(=O)OCC)CC1. The quantitative estimate of drug-likeness (QED) is 0.474. The summed E-state index contributed by atoms with van der Waals surface area (Å²) in [7, 11) is 0. The molecule has 1 saturated heterocycles. The highest BCUT2D eigenvalue weighted by atomic mass is 16.5. The number of nitrogens with zero attached hydrogens (tertiary/aromatic N) is 2. The third-order valence-corrected chi connectivity index (χ3v) is 4.97. The zero-order valence-corrected chi connectivity index (χ0v) is 16.9. The van der Waals surface area contributed by atoms with Gasteiger partial charge in [-0.25, -0.2) is 4.99 Å². The van der Waals surface area contributed by atoms with Crippen molar-refractivity contribution >= 4 is 11.9 Å². The topological polar surface area (TPSA) is 72.4 Å². The van der Waals surface area contributed by atoms with E-state index in [2.05, 4.69) is 17.1 Å². The second kappa shape index (κ2) is 10.2. The molecule has 2 heterocycles. The lowest BCUT2D eigenvalue weighted by atomic mass is 9.97. The first-order valence-electron chi connectivity index (χ1n) is 10.3. The fourth-order valence-electron chi connectivity index (χ4n) is 3.49. The number of carbonyl (C=O) groups is 1. The van der Waals surface area contributed by atoms with Gasteiger partial charge in [0.05, 0.1) is 32.3 Å². The smallest absolute Gasteiger partial charge is 0.309 e. The summed E-state index contributed by atoms with van der Waals surface area (Å²) in [5.41, 5.74) is 1.08. The number of hydrogen-bond donors (Lipinski definition) is 1. The minimum atomic E-state index is -0.0729. The highest BCUT2D eigenvalue weighted by Crippen LogP contribution is 2.30. The highest BCUT2D eigenvalue weighted by molar-refractivity contribution is 5.80. The maximum Gasteiger partial charge on any atom is 0.309 e. The number of benzene rings is 1. The molecular formula is C21H31N3O4. The molecule has 0 atom stereocenters. The average molecular weight is 389 g/mol. The molecule has 0 saturated carbocycles. The predicted molar refractivity (Wildman–Crippen MR) is 108 cm³/mol. The Morgan fingerprint density at radius 1 is 1.21 bits per heavy atom. The molecule has 0 spiro atoms. The Kier molecular flexibility index (Phi) is 7.39. The van der Waals surface area contributed by atoms with Crippen molar-refractivity contribution in [1.29, 1.82) is 0 Å². The van der Waals surface area contributed by atoms with Crippen LogP contribution in [-0.4, -0.2) is 56.3 Å². The lowest BCUT2D eigenvalue weighted by Crippen LogP contribution is -2.46. The molecule has 28 heavy (non-hydrogen) atoms. The number of esters is 1. The Morgan fingerprint density at radius 3 is 2.68 bits per heavy atom. The van der Waals surface area contributed by atoms with Crippen LogP contribution >= 0.6 is 0 Å². The van der Waals surface area contributed by atoms with Crippen LogP contribution in [0, 0.1) is 5.92 Å². The largest absolute Gasteiger partial charge is 0.490 e. The molecule has 1 aromatic rings. The number of piperidine rings is 1. The van der Waals surface area contributed by atoms with Gasteiger partial charge in [0.15, 0.2) is 17.5 Å². The number of ether oxygens (including phenoxy) is 3. The van der Waals surface area contributed by atoms with Gasteiger partial charge in [-0.05, 0) is 44.4 Å². The van der Waals surface area contributed by atoms with Crippen molar-refractivity contribution in [1.82, 2.24) is 10.2 Å². The molecule has 0 radical (unpaired) electrons. The Balaban J connectivity index is 1.62. The molecule has 1 fully saturated rings. The van der Waals surface area contributed by atoms with Gasteiger partial charge >= 0.3 is 5.97 Å². The molecule has 0 bridgehead atoms. The maximum absolute atomic E-state index is 11.9. The van der Waals surface area contributed by atoms with Gasteiger partial charge in [0.25, 0.3) is 0 Å². The number of aliphatic imine (C=N–C) groups is 1. The van der Waals surface area contributed by atoms with Crippen molar-refractivity contribution in [3.63, 3.8) is 0 Å². The van der Waals surface area contributed by atoms with Crippen LogP contribution in [-0.2, 0) is 16.1 Å². The van der Waals surface area contributed by atoms with Crippen molar-refractivity contribution in [2.24, 2.45) is 10.9 Å². The van der Waals surface area contributed by atoms with E-state index < -0.39 is 0 Å². The van der Waals surface area contributed by atoms with Gasteiger partial charge in [-0.1, -0.05) is 6.07 Å². The molecular weight excluding hydrogens is 358 g/mol. The first-order valence-corrected chi connectivity index (χ1v) is 10.3. The molecule has 0 amide bonds. The molecule has 7 nitrogen and oxygen atoms in total. The summed E-state index contributed by atoms with van der Waals surface area (Å²) in [6.07, 6.45) is 2.50. The van der Waals surface area contributed by atoms with Crippen LogP contribution in [0.25, 0.3) is 0 Å². The monoisotopic (exact) mass is 389 g/mol. The average Bonchev–Trinajstić information content (AvgIpc) is 2.96. The van der Waals surface area contributed by atoms with E-state index in [1.54, 1.807) is 0 Å². The van der Waals surface area contributed by atoms with E-state index in [4.69, 9.17) is 19.2 Å². The van der Waals surface area contributed by atoms with Crippen LogP contribution in [0.3, 0.4) is 0 Å². The number of fused-ring (bicyclic) bond motifs is 1. The van der Waals surface area contributed by atoms with Crippen molar-refractivity contribution < 1.29 is 19.0 Å². The fourth-order valence-corrected chi connectivity index (χ4v) is 3.49. The highest BCUT2D eigenvalue weighted by Gasteiger charge is 2.27. The van der Waals surface area contributed by atoms with Crippen LogP contribution in [0.5, 0.6) is 11.5 Å². The molecule has 0 aliphatic carbocycles. The molecule has 1 N–H and O–H groups in total. The van der Waals surface area contributed by atoms with Gasteiger partial charge in [-0.3, -0.25) is 4.79 Å². The fraction of sp³-hybridized carbons (Fsp3) is 0.619. The first-order chi connectivity index (χ1) is 13.7. The van der Waals surface area contributed by atoms with Gasteiger partial charge in [0.2, 0.25) is 0 Å². The Hall–Kier alpha value is -2.44. The van der Waals surface area contributed by atoms with Crippen molar-refractivity contribution in [3.8, 4) is 11.5 Å². The first kappa shape index (κ1) is 20.3. The molecule has 3 rings (SSSR count). The van der Waals surface area contributed by atoms with E-state index in [1.807, 2.05) is 25.1 Å². The van der Waals surface area contributed by atoms with E-state index in [-0.39, 0.29) is 11.9 Å².